The molecule has 8 nitrogen and oxygen atoms in total. The molecule has 1 aliphatic carbocycles. The Bertz CT molecular complexity index is 1560. The van der Waals surface area contributed by atoms with Crippen LogP contribution in [0.25, 0.3) is 21.3 Å². The van der Waals surface area contributed by atoms with Crippen LogP contribution in [0.2, 0.25) is 5.02 Å². The zero-order valence-corrected chi connectivity index (χ0v) is 21.4. The maximum atomic E-state index is 13.1. The Morgan fingerprint density at radius 1 is 1.28 bits per heavy atom. The summed E-state index contributed by atoms with van der Waals surface area (Å²) in [5.74, 6) is 0.212. The summed E-state index contributed by atoms with van der Waals surface area (Å²) in [5, 5.41) is 11.7. The summed E-state index contributed by atoms with van der Waals surface area (Å²) in [5.41, 5.74) is 10.4. The molecule has 0 saturated heterocycles. The quantitative estimate of drug-likeness (QED) is 0.384. The van der Waals surface area contributed by atoms with E-state index in [0.717, 1.165) is 34.4 Å². The monoisotopic (exact) mass is 524 g/mol. The number of aryl methyl sites for hydroxylation is 3. The molecule has 10 heteroatoms. The van der Waals surface area contributed by atoms with Crippen LogP contribution in [0, 0.1) is 13.8 Å². The van der Waals surface area contributed by atoms with E-state index in [1.54, 1.807) is 28.1 Å². The molecular weight excluding hydrogens is 500 g/mol. The number of fused-ring (bicyclic) bond motifs is 2. The zero-order valence-electron chi connectivity index (χ0n) is 19.9. The highest BCUT2D eigenvalue weighted by molar-refractivity contribution is 7.18. The van der Waals surface area contributed by atoms with Crippen LogP contribution in [0.5, 0.6) is 5.75 Å². The van der Waals surface area contributed by atoms with Crippen LogP contribution in [0.1, 0.15) is 39.6 Å². The number of carbonyl (C=O) groups is 1. The summed E-state index contributed by atoms with van der Waals surface area (Å²) in [4.78, 5) is 33.9. The topological polar surface area (TPSA) is 120 Å². The molecular formula is C26H25ClN4O4S. The first kappa shape index (κ1) is 24.4. The van der Waals surface area contributed by atoms with Crippen LogP contribution in [0.15, 0.2) is 34.4 Å². The molecule has 0 amide bonds. The molecule has 3 heterocycles. The Labute approximate surface area is 216 Å². The van der Waals surface area contributed by atoms with Gasteiger partial charge in [-0.25, -0.2) is 9.78 Å². The minimum absolute atomic E-state index is 0.0180. The van der Waals surface area contributed by atoms with E-state index in [-0.39, 0.29) is 23.8 Å². The molecule has 1 aliphatic rings. The molecule has 4 aromatic rings. The zero-order chi connectivity index (χ0) is 25.6. The number of nitrogens with two attached hydrogens (primary N) is 1. The number of hydrogen-bond acceptors (Lipinski definition) is 7. The van der Waals surface area contributed by atoms with Gasteiger partial charge in [0.1, 0.15) is 18.2 Å². The highest BCUT2D eigenvalue weighted by atomic mass is 35.5. The van der Waals surface area contributed by atoms with Crippen LogP contribution in [0.4, 0.5) is 0 Å². The molecule has 3 N–H and O–H groups in total. The van der Waals surface area contributed by atoms with Gasteiger partial charge in [0.25, 0.3) is 5.56 Å². The standard InChI is InChI=1S/C26H25ClN4O4S/c1-13-9-18(24-23(29-13)20(12-36-24)26(33)34)17-10-15(27)3-6-22(17)35-8-7-31-14(2)30-21-5-4-16(28)11-19(21)25(31)32/h3,6,9-10,12,16H,4-5,7-8,11,28H2,1-2H3,(H,33,34). The number of aromatic carboxylic acids is 1. The van der Waals surface area contributed by atoms with Crippen molar-refractivity contribution >= 4 is 39.1 Å². The van der Waals surface area contributed by atoms with Crippen molar-refractivity contribution in [3.8, 4) is 16.9 Å². The van der Waals surface area contributed by atoms with Gasteiger partial charge in [0, 0.05) is 38.8 Å². The summed E-state index contributed by atoms with van der Waals surface area (Å²) in [6.07, 6.45) is 2.11. The van der Waals surface area contributed by atoms with Crippen LogP contribution in [-0.2, 0) is 19.4 Å². The van der Waals surface area contributed by atoms with Crippen molar-refractivity contribution in [2.24, 2.45) is 5.73 Å². The predicted molar refractivity (Wildman–Crippen MR) is 140 cm³/mol. The lowest BCUT2D eigenvalue weighted by Crippen LogP contribution is -2.37. The van der Waals surface area contributed by atoms with Gasteiger partial charge in [0.2, 0.25) is 0 Å². The highest BCUT2D eigenvalue weighted by Gasteiger charge is 2.22. The molecule has 1 unspecified atom stereocenters. The lowest BCUT2D eigenvalue weighted by atomic mass is 9.93. The molecule has 0 saturated carbocycles. The molecule has 1 atom stereocenters. The molecule has 0 fully saturated rings. The fourth-order valence-corrected chi connectivity index (χ4v) is 5.88. The number of nitrogens with zero attached hydrogens (tertiary/aromatic N) is 3. The van der Waals surface area contributed by atoms with Gasteiger partial charge in [-0.1, -0.05) is 11.6 Å². The molecule has 0 aliphatic heterocycles. The van der Waals surface area contributed by atoms with Crippen molar-refractivity contribution in [2.75, 3.05) is 6.61 Å². The minimum Gasteiger partial charge on any atom is -0.491 e. The second-order valence-electron chi connectivity index (χ2n) is 8.98. The van der Waals surface area contributed by atoms with Gasteiger partial charge >= 0.3 is 5.97 Å². The van der Waals surface area contributed by atoms with Crippen molar-refractivity contribution in [3.05, 3.63) is 73.4 Å². The van der Waals surface area contributed by atoms with Crippen molar-refractivity contribution in [3.63, 3.8) is 0 Å². The highest BCUT2D eigenvalue weighted by Crippen LogP contribution is 2.40. The third kappa shape index (κ3) is 4.50. The van der Waals surface area contributed by atoms with E-state index in [1.165, 1.54) is 11.3 Å². The van der Waals surface area contributed by atoms with Crippen molar-refractivity contribution < 1.29 is 14.6 Å². The lowest BCUT2D eigenvalue weighted by Gasteiger charge is -2.22. The number of rotatable bonds is 6. The van der Waals surface area contributed by atoms with E-state index in [2.05, 4.69) is 9.97 Å². The first-order valence-electron chi connectivity index (χ1n) is 11.6. The number of hydrogen-bond donors (Lipinski definition) is 2. The van der Waals surface area contributed by atoms with E-state index in [9.17, 15) is 14.7 Å². The molecule has 0 radical (unpaired) electrons. The predicted octanol–water partition coefficient (Wildman–Crippen LogP) is 4.38. The molecule has 5 rings (SSSR count). The van der Waals surface area contributed by atoms with Gasteiger partial charge in [0.05, 0.1) is 28.0 Å². The number of halogens is 1. The van der Waals surface area contributed by atoms with Crippen molar-refractivity contribution in [1.29, 1.82) is 0 Å². The first-order valence-corrected chi connectivity index (χ1v) is 12.9. The number of carboxylic acids is 1. The number of pyridine rings is 1. The molecule has 3 aromatic heterocycles. The van der Waals surface area contributed by atoms with E-state index >= 15 is 0 Å². The Morgan fingerprint density at radius 3 is 2.86 bits per heavy atom. The van der Waals surface area contributed by atoms with Gasteiger partial charge in [-0.15, -0.1) is 11.3 Å². The Balaban J connectivity index is 1.47. The summed E-state index contributed by atoms with van der Waals surface area (Å²) in [6, 6.07) is 7.20. The SMILES string of the molecule is Cc1cc(-c2cc(Cl)ccc2OCCn2c(C)nc3c(c2=O)CC(N)CC3)c2scc(C(=O)O)c2n1. The van der Waals surface area contributed by atoms with E-state index in [1.807, 2.05) is 19.9 Å². The number of thiophene rings is 1. The molecule has 0 bridgehead atoms. The van der Waals surface area contributed by atoms with Crippen LogP contribution in [-0.4, -0.2) is 38.3 Å². The van der Waals surface area contributed by atoms with E-state index in [0.29, 0.717) is 46.3 Å². The Morgan fingerprint density at radius 2 is 2.08 bits per heavy atom. The van der Waals surface area contributed by atoms with Crippen LogP contribution < -0.4 is 16.0 Å². The second-order valence-corrected chi connectivity index (χ2v) is 10.3. The largest absolute Gasteiger partial charge is 0.491 e. The number of ether oxygens (including phenoxy) is 1. The lowest BCUT2D eigenvalue weighted by molar-refractivity contribution is 0.0699. The summed E-state index contributed by atoms with van der Waals surface area (Å²) in [6.45, 7) is 4.22. The average molecular weight is 525 g/mol. The Kier molecular flexibility index (Phi) is 6.55. The second kappa shape index (κ2) is 9.65. The molecule has 36 heavy (non-hydrogen) atoms. The molecule has 1 aromatic carbocycles. The number of benzene rings is 1. The maximum absolute atomic E-state index is 13.1. The molecule has 186 valence electrons. The third-order valence-electron chi connectivity index (χ3n) is 6.44. The summed E-state index contributed by atoms with van der Waals surface area (Å²) >= 11 is 7.66. The molecule has 0 spiro atoms. The van der Waals surface area contributed by atoms with Gasteiger partial charge in [-0.05, 0) is 57.4 Å². The summed E-state index contributed by atoms with van der Waals surface area (Å²) < 4.78 is 8.55. The fourth-order valence-electron chi connectivity index (χ4n) is 4.69. The summed E-state index contributed by atoms with van der Waals surface area (Å²) in [7, 11) is 0. The van der Waals surface area contributed by atoms with Crippen molar-refractivity contribution in [2.45, 2.75) is 45.7 Å². The van der Waals surface area contributed by atoms with Gasteiger partial charge < -0.3 is 15.6 Å². The fraction of sp³-hybridized carbons (Fsp3) is 0.308. The minimum atomic E-state index is -1.02. The average Bonchev–Trinajstić information content (AvgIpc) is 3.26. The van der Waals surface area contributed by atoms with Gasteiger partial charge in [-0.2, -0.15) is 0 Å². The van der Waals surface area contributed by atoms with Gasteiger partial charge in [0.15, 0.2) is 0 Å². The third-order valence-corrected chi connectivity index (χ3v) is 7.68. The number of carboxylic acid groups (broad SMARTS) is 1. The van der Waals surface area contributed by atoms with Crippen LogP contribution >= 0.6 is 22.9 Å². The normalized spacial score (nSPS) is 15.2. The Hall–Kier alpha value is -3.27. The van der Waals surface area contributed by atoms with Gasteiger partial charge in [-0.3, -0.25) is 14.3 Å². The first-order chi connectivity index (χ1) is 17.2. The van der Waals surface area contributed by atoms with E-state index in [4.69, 9.17) is 22.1 Å². The van der Waals surface area contributed by atoms with Crippen molar-refractivity contribution in [1.82, 2.24) is 14.5 Å². The number of aromatic nitrogens is 3. The smallest absolute Gasteiger partial charge is 0.338 e. The maximum Gasteiger partial charge on any atom is 0.338 e. The van der Waals surface area contributed by atoms with Crippen LogP contribution in [0.3, 0.4) is 0 Å². The van der Waals surface area contributed by atoms with E-state index < -0.39 is 5.97 Å².